The van der Waals surface area contributed by atoms with Crippen molar-refractivity contribution in [2.45, 2.75) is 31.3 Å². The molecule has 136 valence electrons. The molecular formula is C19H20N2O4S. The third-order valence-electron chi connectivity index (χ3n) is 4.73. The summed E-state index contributed by atoms with van der Waals surface area (Å²) in [5, 5.41) is 2.76. The minimum atomic E-state index is -3.81. The van der Waals surface area contributed by atoms with E-state index in [1.54, 1.807) is 18.2 Å². The highest BCUT2D eigenvalue weighted by molar-refractivity contribution is 7.92. The van der Waals surface area contributed by atoms with Crippen molar-refractivity contribution in [2.75, 3.05) is 17.4 Å². The number of hydrogen-bond acceptors (Lipinski definition) is 4. The van der Waals surface area contributed by atoms with Gasteiger partial charge in [-0.3, -0.25) is 9.10 Å². The lowest BCUT2D eigenvalue weighted by atomic mass is 10.0. The number of nitrogens with one attached hydrogen (secondary N) is 1. The van der Waals surface area contributed by atoms with Crippen LogP contribution in [0.15, 0.2) is 41.3 Å². The molecule has 2 aromatic rings. The molecule has 1 amide bonds. The molecule has 2 aliphatic heterocycles. The van der Waals surface area contributed by atoms with Crippen molar-refractivity contribution in [3.05, 3.63) is 53.1 Å². The van der Waals surface area contributed by atoms with E-state index >= 15 is 0 Å². The van der Waals surface area contributed by atoms with Gasteiger partial charge < -0.3 is 10.1 Å². The summed E-state index contributed by atoms with van der Waals surface area (Å²) in [6.07, 6.45) is 0.443. The molecule has 0 saturated heterocycles. The molecule has 7 heteroatoms. The van der Waals surface area contributed by atoms with Crippen LogP contribution in [-0.4, -0.2) is 33.5 Å². The second-order valence-electron chi connectivity index (χ2n) is 6.76. The second kappa shape index (κ2) is 6.02. The molecule has 2 heterocycles. The van der Waals surface area contributed by atoms with Crippen molar-refractivity contribution in [1.82, 2.24) is 5.32 Å². The lowest BCUT2D eigenvalue weighted by molar-refractivity contribution is 0.0945. The normalized spacial score (nSPS) is 19.2. The zero-order chi connectivity index (χ0) is 18.5. The summed E-state index contributed by atoms with van der Waals surface area (Å²) in [6.45, 7) is 4.55. The lowest BCUT2D eigenvalue weighted by Gasteiger charge is -2.34. The molecule has 0 unspecified atom stereocenters. The summed E-state index contributed by atoms with van der Waals surface area (Å²) in [6, 6.07) is 10.3. The van der Waals surface area contributed by atoms with Gasteiger partial charge in [-0.2, -0.15) is 0 Å². The Morgan fingerprint density at radius 1 is 1.19 bits per heavy atom. The third-order valence-corrected chi connectivity index (χ3v) is 6.50. The number of amides is 1. The average Bonchev–Trinajstić information content (AvgIpc) is 2.61. The predicted molar refractivity (Wildman–Crippen MR) is 98.3 cm³/mol. The summed E-state index contributed by atoms with van der Waals surface area (Å²) < 4.78 is 33.8. The number of sulfonamides is 1. The molecule has 1 atom stereocenters. The maximum atomic E-state index is 13.3. The Morgan fingerprint density at radius 3 is 2.81 bits per heavy atom. The first-order chi connectivity index (χ1) is 12.4. The van der Waals surface area contributed by atoms with E-state index in [9.17, 15) is 13.2 Å². The van der Waals surface area contributed by atoms with Crippen molar-refractivity contribution in [2.24, 2.45) is 0 Å². The van der Waals surface area contributed by atoms with Gasteiger partial charge in [0.1, 0.15) is 11.9 Å². The van der Waals surface area contributed by atoms with E-state index in [1.807, 2.05) is 26.0 Å². The third kappa shape index (κ3) is 2.72. The number of nitrogens with zero attached hydrogens (tertiary/aromatic N) is 1. The van der Waals surface area contributed by atoms with Gasteiger partial charge in [-0.1, -0.05) is 12.1 Å². The van der Waals surface area contributed by atoms with Gasteiger partial charge in [0.05, 0.1) is 17.1 Å². The molecule has 0 radical (unpaired) electrons. The first-order valence-corrected chi connectivity index (χ1v) is 10.0. The van der Waals surface area contributed by atoms with Gasteiger partial charge in [0.25, 0.3) is 15.9 Å². The molecule has 0 aromatic heterocycles. The van der Waals surface area contributed by atoms with Crippen molar-refractivity contribution in [3.8, 4) is 5.75 Å². The lowest BCUT2D eigenvalue weighted by Crippen LogP contribution is -2.42. The van der Waals surface area contributed by atoms with Crippen LogP contribution in [0.1, 0.15) is 28.4 Å². The Hall–Kier alpha value is -2.54. The van der Waals surface area contributed by atoms with Crippen LogP contribution >= 0.6 is 0 Å². The summed E-state index contributed by atoms with van der Waals surface area (Å²) in [5.41, 5.74) is 2.79. The van der Waals surface area contributed by atoms with Crippen LogP contribution in [0.4, 0.5) is 5.69 Å². The Kier molecular flexibility index (Phi) is 3.91. The topological polar surface area (TPSA) is 75.7 Å². The second-order valence-corrected chi connectivity index (χ2v) is 8.62. The standard InChI is InChI=1S/C19H20N2O4S/c1-12-3-6-18-17(9-12)21(11-13(2)25-18)26(23,24)15-5-4-14-7-8-20-19(22)16(14)10-15/h3-6,9-10,13H,7-8,11H2,1-2H3,(H,20,22)/t13-/m1/s1. The summed E-state index contributed by atoms with van der Waals surface area (Å²) in [4.78, 5) is 12.2. The van der Waals surface area contributed by atoms with Crippen LogP contribution in [-0.2, 0) is 16.4 Å². The van der Waals surface area contributed by atoms with E-state index in [0.717, 1.165) is 11.1 Å². The minimum Gasteiger partial charge on any atom is -0.487 e. The van der Waals surface area contributed by atoms with Crippen molar-refractivity contribution >= 4 is 21.6 Å². The van der Waals surface area contributed by atoms with Crippen molar-refractivity contribution in [3.63, 3.8) is 0 Å². The highest BCUT2D eigenvalue weighted by Gasteiger charge is 2.34. The van der Waals surface area contributed by atoms with Gasteiger partial charge in [0, 0.05) is 12.1 Å². The van der Waals surface area contributed by atoms with E-state index in [4.69, 9.17) is 4.74 Å². The van der Waals surface area contributed by atoms with Gasteiger partial charge in [-0.15, -0.1) is 0 Å². The monoisotopic (exact) mass is 372 g/mol. The fourth-order valence-electron chi connectivity index (χ4n) is 3.41. The van der Waals surface area contributed by atoms with Gasteiger partial charge in [0.15, 0.2) is 0 Å². The molecule has 1 N–H and O–H groups in total. The molecule has 2 aliphatic rings. The molecular weight excluding hydrogens is 352 g/mol. The number of fused-ring (bicyclic) bond motifs is 2. The van der Waals surface area contributed by atoms with Crippen molar-refractivity contribution in [1.29, 1.82) is 0 Å². The molecule has 0 bridgehead atoms. The molecule has 0 aliphatic carbocycles. The van der Waals surface area contributed by atoms with Crippen LogP contribution in [0.3, 0.4) is 0 Å². The molecule has 0 fully saturated rings. The number of carbonyl (C=O) groups excluding carboxylic acids is 1. The summed E-state index contributed by atoms with van der Waals surface area (Å²) in [5.74, 6) is 0.323. The smallest absolute Gasteiger partial charge is 0.264 e. The largest absolute Gasteiger partial charge is 0.487 e. The van der Waals surface area contributed by atoms with Gasteiger partial charge >= 0.3 is 0 Å². The maximum Gasteiger partial charge on any atom is 0.264 e. The maximum absolute atomic E-state index is 13.3. The van der Waals surface area contributed by atoms with Crippen LogP contribution in [0.25, 0.3) is 0 Å². The average molecular weight is 372 g/mol. The van der Waals surface area contributed by atoms with Crippen LogP contribution in [0.2, 0.25) is 0 Å². The molecule has 2 aromatic carbocycles. The quantitative estimate of drug-likeness (QED) is 0.877. The molecule has 4 rings (SSSR count). The van der Waals surface area contributed by atoms with E-state index in [0.29, 0.717) is 30.0 Å². The van der Waals surface area contributed by atoms with Crippen LogP contribution < -0.4 is 14.4 Å². The zero-order valence-electron chi connectivity index (χ0n) is 14.7. The van der Waals surface area contributed by atoms with Crippen LogP contribution in [0, 0.1) is 6.92 Å². The Bertz CT molecular complexity index is 1000. The Labute approximate surface area is 152 Å². The van der Waals surface area contributed by atoms with E-state index in [-0.39, 0.29) is 23.5 Å². The fraction of sp³-hybridized carbons (Fsp3) is 0.316. The van der Waals surface area contributed by atoms with E-state index < -0.39 is 10.0 Å². The summed E-state index contributed by atoms with van der Waals surface area (Å²) in [7, 11) is -3.81. The number of rotatable bonds is 2. The molecule has 0 spiro atoms. The zero-order valence-corrected chi connectivity index (χ0v) is 15.5. The van der Waals surface area contributed by atoms with Crippen LogP contribution in [0.5, 0.6) is 5.75 Å². The number of hydrogen-bond donors (Lipinski definition) is 1. The first kappa shape index (κ1) is 16.9. The van der Waals surface area contributed by atoms with Gasteiger partial charge in [0.2, 0.25) is 0 Å². The van der Waals surface area contributed by atoms with E-state index in [1.165, 1.54) is 10.4 Å². The number of carbonyl (C=O) groups is 1. The van der Waals surface area contributed by atoms with Gasteiger partial charge in [-0.25, -0.2) is 8.42 Å². The molecule has 26 heavy (non-hydrogen) atoms. The number of anilines is 1. The first-order valence-electron chi connectivity index (χ1n) is 8.57. The molecule has 0 saturated carbocycles. The molecule has 6 nitrogen and oxygen atoms in total. The highest BCUT2D eigenvalue weighted by Crippen LogP contribution is 2.37. The summed E-state index contributed by atoms with van der Waals surface area (Å²) >= 11 is 0. The van der Waals surface area contributed by atoms with E-state index in [2.05, 4.69) is 5.32 Å². The fourth-order valence-corrected chi connectivity index (χ4v) is 4.98. The Morgan fingerprint density at radius 2 is 2.00 bits per heavy atom. The predicted octanol–water partition coefficient (Wildman–Crippen LogP) is 2.26. The number of aryl methyl sites for hydroxylation is 1. The Balaban J connectivity index is 1.82. The minimum absolute atomic E-state index is 0.120. The SMILES string of the molecule is Cc1ccc2c(c1)N(S(=O)(=O)c1ccc3c(c1)C(=O)NCC3)C[C@@H](C)O2. The highest BCUT2D eigenvalue weighted by atomic mass is 32.2. The van der Waals surface area contributed by atoms with Gasteiger partial charge in [-0.05, 0) is 55.7 Å². The number of ether oxygens (including phenoxy) is 1. The number of benzene rings is 2. The van der Waals surface area contributed by atoms with Crippen molar-refractivity contribution < 1.29 is 17.9 Å².